The van der Waals surface area contributed by atoms with Crippen molar-refractivity contribution in [2.45, 2.75) is 6.42 Å². The first kappa shape index (κ1) is 11.2. The molecule has 0 spiro atoms. The van der Waals surface area contributed by atoms with Crippen molar-refractivity contribution in [3.8, 4) is 0 Å². The third kappa shape index (κ3) is 2.15. The van der Waals surface area contributed by atoms with E-state index in [-0.39, 0.29) is 12.1 Å². The van der Waals surface area contributed by atoms with E-state index >= 15 is 0 Å². The largest absolute Gasteiger partial charge is 0.465 e. The van der Waals surface area contributed by atoms with Gasteiger partial charge in [0, 0.05) is 6.54 Å². The first-order chi connectivity index (χ1) is 7.11. The summed E-state index contributed by atoms with van der Waals surface area (Å²) in [6.45, 7) is 0.214. The zero-order chi connectivity index (χ0) is 11.4. The van der Waals surface area contributed by atoms with Gasteiger partial charge < -0.3 is 9.47 Å². The molecule has 0 aromatic carbocycles. The highest BCUT2D eigenvalue weighted by Gasteiger charge is 2.31. The van der Waals surface area contributed by atoms with Gasteiger partial charge in [0.1, 0.15) is 5.57 Å². The Labute approximate surface area is 86.4 Å². The highest BCUT2D eigenvalue weighted by atomic mass is 16.5. The minimum atomic E-state index is -0.769. The number of hydrogen-bond acceptors (Lipinski definition) is 5. The average molecular weight is 213 g/mol. The summed E-state index contributed by atoms with van der Waals surface area (Å²) in [5.74, 6) is -1.42. The van der Waals surface area contributed by atoms with Gasteiger partial charge in [-0.25, -0.2) is 14.5 Å². The number of rotatable bonds is 1. The number of amides is 2. The maximum Gasteiger partial charge on any atom is 0.416 e. The van der Waals surface area contributed by atoms with Gasteiger partial charge in [-0.1, -0.05) is 6.08 Å². The van der Waals surface area contributed by atoms with Crippen molar-refractivity contribution in [3.05, 3.63) is 11.6 Å². The van der Waals surface area contributed by atoms with Crippen LogP contribution >= 0.6 is 0 Å². The van der Waals surface area contributed by atoms with E-state index in [4.69, 9.17) is 0 Å². The molecule has 0 radical (unpaired) electrons. The SMILES string of the molecule is COC(=O)C1=CCCN(C(=O)OC)C1=O. The van der Waals surface area contributed by atoms with E-state index in [0.717, 1.165) is 4.90 Å². The minimum Gasteiger partial charge on any atom is -0.465 e. The second-order valence-electron chi connectivity index (χ2n) is 2.82. The highest BCUT2D eigenvalue weighted by Crippen LogP contribution is 2.13. The lowest BCUT2D eigenvalue weighted by Gasteiger charge is -2.22. The van der Waals surface area contributed by atoms with Crippen LogP contribution in [0.5, 0.6) is 0 Å². The molecule has 0 bridgehead atoms. The van der Waals surface area contributed by atoms with Crippen molar-refractivity contribution < 1.29 is 23.9 Å². The van der Waals surface area contributed by atoms with Crippen LogP contribution in [0, 0.1) is 0 Å². The fourth-order valence-corrected chi connectivity index (χ4v) is 1.24. The Bertz CT molecular complexity index is 333. The third-order valence-corrected chi connectivity index (χ3v) is 1.98. The number of methoxy groups -OCH3 is 2. The maximum absolute atomic E-state index is 11.6. The van der Waals surface area contributed by atoms with E-state index in [0.29, 0.717) is 6.42 Å². The second kappa shape index (κ2) is 4.59. The van der Waals surface area contributed by atoms with Gasteiger partial charge >= 0.3 is 12.1 Å². The standard InChI is InChI=1S/C9H11NO5/c1-14-8(12)6-4-3-5-10(7(6)11)9(13)15-2/h4H,3,5H2,1-2H3. The van der Waals surface area contributed by atoms with Gasteiger partial charge in [-0.3, -0.25) is 4.79 Å². The molecule has 1 heterocycles. The lowest BCUT2D eigenvalue weighted by molar-refractivity contribution is -0.140. The van der Waals surface area contributed by atoms with E-state index in [9.17, 15) is 14.4 Å². The van der Waals surface area contributed by atoms with E-state index in [1.165, 1.54) is 20.3 Å². The van der Waals surface area contributed by atoms with Gasteiger partial charge in [-0.05, 0) is 6.42 Å². The molecular weight excluding hydrogens is 202 g/mol. The predicted octanol–water partition coefficient (Wildman–Crippen LogP) is 0.0845. The number of nitrogens with zero attached hydrogens (tertiary/aromatic N) is 1. The number of ether oxygens (including phenoxy) is 2. The molecule has 0 fully saturated rings. The van der Waals surface area contributed by atoms with E-state index in [1.54, 1.807) is 0 Å². The van der Waals surface area contributed by atoms with Crippen LogP contribution in [0.25, 0.3) is 0 Å². The van der Waals surface area contributed by atoms with Crippen LogP contribution in [-0.2, 0) is 19.1 Å². The number of hydrogen-bond donors (Lipinski definition) is 0. The molecule has 15 heavy (non-hydrogen) atoms. The Hall–Kier alpha value is -1.85. The molecule has 0 aliphatic carbocycles. The monoisotopic (exact) mass is 213 g/mol. The topological polar surface area (TPSA) is 72.9 Å². The van der Waals surface area contributed by atoms with Gasteiger partial charge in [0.25, 0.3) is 5.91 Å². The van der Waals surface area contributed by atoms with Crippen molar-refractivity contribution in [2.75, 3.05) is 20.8 Å². The molecule has 6 heteroatoms. The minimum absolute atomic E-state index is 0.130. The smallest absolute Gasteiger partial charge is 0.416 e. The van der Waals surface area contributed by atoms with Gasteiger partial charge in [-0.2, -0.15) is 0 Å². The predicted molar refractivity (Wildman–Crippen MR) is 48.8 cm³/mol. The summed E-state index contributed by atoms with van der Waals surface area (Å²) < 4.78 is 8.82. The summed E-state index contributed by atoms with van der Waals surface area (Å²) in [6.07, 6.45) is 1.10. The van der Waals surface area contributed by atoms with E-state index in [1.807, 2.05) is 0 Å². The second-order valence-corrected chi connectivity index (χ2v) is 2.82. The number of imide groups is 1. The molecule has 6 nitrogen and oxygen atoms in total. The van der Waals surface area contributed by atoms with Crippen molar-refractivity contribution in [2.24, 2.45) is 0 Å². The summed E-state index contributed by atoms with van der Waals surface area (Å²) in [5.41, 5.74) is -0.130. The summed E-state index contributed by atoms with van der Waals surface area (Å²) in [7, 11) is 2.35. The summed E-state index contributed by atoms with van der Waals surface area (Å²) in [5, 5.41) is 0. The summed E-state index contributed by atoms with van der Waals surface area (Å²) in [4.78, 5) is 34.7. The summed E-state index contributed by atoms with van der Waals surface area (Å²) >= 11 is 0. The quantitative estimate of drug-likeness (QED) is 0.455. The molecule has 0 N–H and O–H groups in total. The molecule has 2 amide bonds. The van der Waals surface area contributed by atoms with Crippen LogP contribution in [-0.4, -0.2) is 43.6 Å². The number of carbonyl (C=O) groups is 3. The van der Waals surface area contributed by atoms with Crippen LogP contribution in [0.3, 0.4) is 0 Å². The fourth-order valence-electron chi connectivity index (χ4n) is 1.24. The average Bonchev–Trinajstić information content (AvgIpc) is 2.27. The molecule has 1 aliphatic heterocycles. The van der Waals surface area contributed by atoms with Crippen LogP contribution in [0.4, 0.5) is 4.79 Å². The zero-order valence-electron chi connectivity index (χ0n) is 8.48. The molecular formula is C9H11NO5. The third-order valence-electron chi connectivity index (χ3n) is 1.98. The zero-order valence-corrected chi connectivity index (χ0v) is 8.48. The van der Waals surface area contributed by atoms with Crippen LogP contribution in [0.2, 0.25) is 0 Å². The molecule has 0 aromatic rings. The molecule has 1 aliphatic rings. The molecule has 0 atom stereocenters. The Balaban J connectivity index is 2.87. The maximum atomic E-state index is 11.6. The lowest BCUT2D eigenvalue weighted by Crippen LogP contribution is -2.42. The van der Waals surface area contributed by atoms with Gasteiger partial charge in [0.15, 0.2) is 0 Å². The Morgan fingerprint density at radius 2 is 2.00 bits per heavy atom. The Kier molecular flexibility index (Phi) is 3.43. The van der Waals surface area contributed by atoms with Crippen LogP contribution in [0.15, 0.2) is 11.6 Å². The van der Waals surface area contributed by atoms with Gasteiger partial charge in [0.05, 0.1) is 14.2 Å². The van der Waals surface area contributed by atoms with Crippen LogP contribution < -0.4 is 0 Å². The molecule has 0 aromatic heterocycles. The first-order valence-corrected chi connectivity index (χ1v) is 4.30. The molecule has 82 valence electrons. The number of esters is 1. The first-order valence-electron chi connectivity index (χ1n) is 4.30. The molecule has 0 unspecified atom stereocenters. The number of carbonyl (C=O) groups excluding carboxylic acids is 3. The Morgan fingerprint density at radius 3 is 2.53 bits per heavy atom. The van der Waals surface area contributed by atoms with Gasteiger partial charge in [-0.15, -0.1) is 0 Å². The molecule has 0 saturated heterocycles. The van der Waals surface area contributed by atoms with Crippen molar-refractivity contribution in [1.82, 2.24) is 4.90 Å². The van der Waals surface area contributed by atoms with Crippen molar-refractivity contribution >= 4 is 18.0 Å². The Morgan fingerprint density at radius 1 is 1.33 bits per heavy atom. The van der Waals surface area contributed by atoms with E-state index in [2.05, 4.69) is 9.47 Å². The van der Waals surface area contributed by atoms with E-state index < -0.39 is 18.0 Å². The van der Waals surface area contributed by atoms with Crippen molar-refractivity contribution in [1.29, 1.82) is 0 Å². The normalized spacial score (nSPS) is 15.7. The van der Waals surface area contributed by atoms with Crippen LogP contribution in [0.1, 0.15) is 6.42 Å². The fraction of sp³-hybridized carbons (Fsp3) is 0.444. The lowest BCUT2D eigenvalue weighted by atomic mass is 10.1. The molecule has 0 saturated carbocycles. The highest BCUT2D eigenvalue weighted by molar-refractivity contribution is 6.19. The van der Waals surface area contributed by atoms with Crippen molar-refractivity contribution in [3.63, 3.8) is 0 Å². The summed E-state index contributed by atoms with van der Waals surface area (Å²) in [6, 6.07) is 0. The van der Waals surface area contributed by atoms with Gasteiger partial charge in [0.2, 0.25) is 0 Å². The molecule has 1 rings (SSSR count).